The second-order valence-corrected chi connectivity index (χ2v) is 11.6. The largest absolute Gasteiger partial charge is 0.494 e. The van der Waals surface area contributed by atoms with Crippen molar-refractivity contribution >= 4 is 57.4 Å². The molecule has 0 spiro atoms. The lowest BCUT2D eigenvalue weighted by Crippen LogP contribution is -2.48. The van der Waals surface area contributed by atoms with E-state index in [2.05, 4.69) is 25.5 Å². The SMILES string of the molecule is COc1cc2ncnc(Nc3ccc(F)c(Cl)c3)c2cc1NC(=O)/C=C/CN1CCN(C(=O)CCCCCCCCC(N)=O)CC1. The van der Waals surface area contributed by atoms with Crippen LogP contribution < -0.4 is 21.1 Å². The Labute approximate surface area is 273 Å². The molecule has 1 aliphatic heterocycles. The molecule has 2 aromatic carbocycles. The summed E-state index contributed by atoms with van der Waals surface area (Å²) in [6.45, 7) is 3.41. The summed E-state index contributed by atoms with van der Waals surface area (Å²) in [5.41, 5.74) is 6.73. The highest BCUT2D eigenvalue weighted by molar-refractivity contribution is 6.31. The van der Waals surface area contributed by atoms with Gasteiger partial charge in [0.1, 0.15) is 23.7 Å². The van der Waals surface area contributed by atoms with Crippen LogP contribution in [-0.4, -0.2) is 77.3 Å². The van der Waals surface area contributed by atoms with Gasteiger partial charge in [0.25, 0.3) is 0 Å². The minimum Gasteiger partial charge on any atom is -0.494 e. The molecule has 13 heteroatoms. The highest BCUT2D eigenvalue weighted by Gasteiger charge is 2.20. The number of anilines is 3. The zero-order chi connectivity index (χ0) is 32.9. The standard InChI is InChI=1S/C33H41ClFN7O4/c1-46-29-21-27-24(33(38-22-37-27)39-23-12-13-26(35)25(34)19-23)20-28(29)40-31(44)10-8-14-41-15-17-42(18-16-41)32(45)11-7-5-3-2-4-6-9-30(36)43/h8,10,12-13,19-22H,2-7,9,11,14-18H2,1H3,(H2,36,43)(H,40,44)(H,37,38,39)/b10-8+. The van der Waals surface area contributed by atoms with Crippen LogP contribution >= 0.6 is 11.6 Å². The highest BCUT2D eigenvalue weighted by Crippen LogP contribution is 2.33. The summed E-state index contributed by atoms with van der Waals surface area (Å²) in [6, 6.07) is 7.69. The van der Waals surface area contributed by atoms with Gasteiger partial charge in [0, 0.05) is 68.8 Å². The predicted octanol–water partition coefficient (Wildman–Crippen LogP) is 5.42. The average Bonchev–Trinajstić information content (AvgIpc) is 3.04. The lowest BCUT2D eigenvalue weighted by Gasteiger charge is -2.34. The van der Waals surface area contributed by atoms with E-state index in [0.717, 1.165) is 51.6 Å². The summed E-state index contributed by atoms with van der Waals surface area (Å²) in [6.07, 6.45) is 11.5. The molecule has 0 radical (unpaired) electrons. The number of primary amides is 1. The van der Waals surface area contributed by atoms with Gasteiger partial charge in [-0.1, -0.05) is 43.4 Å². The van der Waals surface area contributed by atoms with Crippen molar-refractivity contribution in [3.63, 3.8) is 0 Å². The molecule has 1 aliphatic rings. The van der Waals surface area contributed by atoms with E-state index in [0.29, 0.717) is 66.3 Å². The molecule has 3 aromatic rings. The van der Waals surface area contributed by atoms with E-state index >= 15 is 0 Å². The van der Waals surface area contributed by atoms with Crippen molar-refractivity contribution in [3.05, 3.63) is 59.7 Å². The van der Waals surface area contributed by atoms with Crippen molar-refractivity contribution in [1.29, 1.82) is 0 Å². The molecule has 246 valence electrons. The third-order valence-electron chi connectivity index (χ3n) is 7.82. The molecule has 0 saturated carbocycles. The van der Waals surface area contributed by atoms with Crippen LogP contribution in [0, 0.1) is 5.82 Å². The van der Waals surface area contributed by atoms with Crippen molar-refractivity contribution in [2.24, 2.45) is 5.73 Å². The first-order valence-electron chi connectivity index (χ1n) is 15.5. The van der Waals surface area contributed by atoms with E-state index < -0.39 is 5.82 Å². The highest BCUT2D eigenvalue weighted by atomic mass is 35.5. The van der Waals surface area contributed by atoms with Crippen molar-refractivity contribution in [1.82, 2.24) is 19.8 Å². The number of nitrogens with two attached hydrogens (primary N) is 1. The van der Waals surface area contributed by atoms with Gasteiger partial charge < -0.3 is 26.0 Å². The van der Waals surface area contributed by atoms with E-state index in [9.17, 15) is 18.8 Å². The summed E-state index contributed by atoms with van der Waals surface area (Å²) in [7, 11) is 1.51. The fraction of sp³-hybridized carbons (Fsp3) is 0.424. The third-order valence-corrected chi connectivity index (χ3v) is 8.11. The summed E-state index contributed by atoms with van der Waals surface area (Å²) in [5.74, 6) is -0.0153. The molecular formula is C33H41ClFN7O4. The second-order valence-electron chi connectivity index (χ2n) is 11.2. The van der Waals surface area contributed by atoms with E-state index in [-0.39, 0.29) is 22.7 Å². The molecule has 0 atom stereocenters. The smallest absolute Gasteiger partial charge is 0.248 e. The number of ether oxygens (including phenoxy) is 1. The fourth-order valence-electron chi connectivity index (χ4n) is 5.26. The summed E-state index contributed by atoms with van der Waals surface area (Å²) in [4.78, 5) is 49.0. The molecule has 0 bridgehead atoms. The number of carbonyl (C=O) groups excluding carboxylic acids is 3. The topological polar surface area (TPSA) is 143 Å². The molecule has 1 aromatic heterocycles. The molecule has 1 saturated heterocycles. The number of nitrogens with one attached hydrogen (secondary N) is 2. The van der Waals surface area contributed by atoms with Crippen molar-refractivity contribution < 1.29 is 23.5 Å². The number of benzene rings is 2. The molecule has 11 nitrogen and oxygen atoms in total. The molecule has 2 heterocycles. The fourth-order valence-corrected chi connectivity index (χ4v) is 5.44. The molecule has 0 aliphatic carbocycles. The third kappa shape index (κ3) is 10.4. The Morgan fingerprint density at radius 1 is 1.00 bits per heavy atom. The van der Waals surface area contributed by atoms with Crippen molar-refractivity contribution in [2.75, 3.05) is 50.5 Å². The van der Waals surface area contributed by atoms with Crippen LogP contribution in [-0.2, 0) is 14.4 Å². The van der Waals surface area contributed by atoms with Crippen LogP contribution in [0.15, 0.2) is 48.8 Å². The Morgan fingerprint density at radius 2 is 1.72 bits per heavy atom. The Balaban J connectivity index is 1.23. The van der Waals surface area contributed by atoms with E-state index in [1.807, 2.05) is 4.90 Å². The molecule has 4 rings (SSSR count). The number of piperazine rings is 1. The Morgan fingerprint density at radius 3 is 2.41 bits per heavy atom. The molecule has 0 unspecified atom stereocenters. The predicted molar refractivity (Wildman–Crippen MR) is 178 cm³/mol. The van der Waals surface area contributed by atoms with Crippen LogP contribution in [0.2, 0.25) is 5.02 Å². The number of carbonyl (C=O) groups is 3. The zero-order valence-corrected chi connectivity index (χ0v) is 26.8. The normalized spacial score (nSPS) is 13.7. The summed E-state index contributed by atoms with van der Waals surface area (Å²) in [5, 5.41) is 6.59. The molecule has 1 fully saturated rings. The van der Waals surface area contributed by atoms with Gasteiger partial charge >= 0.3 is 0 Å². The number of nitrogens with zero attached hydrogens (tertiary/aromatic N) is 4. The molecule has 4 N–H and O–H groups in total. The van der Waals surface area contributed by atoms with Gasteiger partial charge in [0.05, 0.1) is 23.3 Å². The number of halogens is 2. The summed E-state index contributed by atoms with van der Waals surface area (Å²) < 4.78 is 19.1. The van der Waals surface area contributed by atoms with Crippen molar-refractivity contribution in [2.45, 2.75) is 51.4 Å². The Bertz CT molecular complexity index is 1550. The maximum Gasteiger partial charge on any atom is 0.248 e. The Kier molecular flexibility index (Phi) is 13.1. The number of methoxy groups -OCH3 is 1. The van der Waals surface area contributed by atoms with E-state index in [4.69, 9.17) is 22.1 Å². The van der Waals surface area contributed by atoms with Gasteiger partial charge in [-0.25, -0.2) is 14.4 Å². The summed E-state index contributed by atoms with van der Waals surface area (Å²) >= 11 is 5.93. The number of fused-ring (bicyclic) bond motifs is 1. The first-order chi connectivity index (χ1) is 22.2. The van der Waals surface area contributed by atoms with Crippen LogP contribution in [0.5, 0.6) is 5.75 Å². The van der Waals surface area contributed by atoms with Crippen LogP contribution in [0.1, 0.15) is 51.4 Å². The average molecular weight is 654 g/mol. The van der Waals surface area contributed by atoms with Gasteiger partial charge in [0.15, 0.2) is 0 Å². The monoisotopic (exact) mass is 653 g/mol. The minimum absolute atomic E-state index is 0.0196. The number of amides is 3. The number of aromatic nitrogens is 2. The van der Waals surface area contributed by atoms with E-state index in [1.165, 1.54) is 31.6 Å². The Hall–Kier alpha value is -4.29. The first kappa shape index (κ1) is 34.6. The van der Waals surface area contributed by atoms with Gasteiger partial charge in [0.2, 0.25) is 17.7 Å². The lowest BCUT2D eigenvalue weighted by molar-refractivity contribution is -0.133. The number of unbranched alkanes of at least 4 members (excludes halogenated alkanes) is 5. The quantitative estimate of drug-likeness (QED) is 0.137. The van der Waals surface area contributed by atoms with Gasteiger partial charge in [-0.3, -0.25) is 19.3 Å². The number of rotatable bonds is 16. The lowest BCUT2D eigenvalue weighted by atomic mass is 10.1. The van der Waals surface area contributed by atoms with Crippen LogP contribution in [0.25, 0.3) is 10.9 Å². The first-order valence-corrected chi connectivity index (χ1v) is 15.9. The van der Waals surface area contributed by atoms with Crippen molar-refractivity contribution in [3.8, 4) is 5.75 Å². The van der Waals surface area contributed by atoms with Gasteiger partial charge in [-0.15, -0.1) is 0 Å². The zero-order valence-electron chi connectivity index (χ0n) is 26.1. The van der Waals surface area contributed by atoms with Crippen LogP contribution in [0.3, 0.4) is 0 Å². The number of hydrogen-bond donors (Lipinski definition) is 3. The second kappa shape index (κ2) is 17.4. The van der Waals surface area contributed by atoms with E-state index in [1.54, 1.807) is 24.3 Å². The minimum atomic E-state index is -0.524. The van der Waals surface area contributed by atoms with Crippen LogP contribution in [0.4, 0.5) is 21.6 Å². The number of hydrogen-bond acceptors (Lipinski definition) is 8. The van der Waals surface area contributed by atoms with Gasteiger partial charge in [-0.05, 0) is 37.1 Å². The molecule has 3 amide bonds. The maximum absolute atomic E-state index is 13.6. The maximum atomic E-state index is 13.6. The molecule has 46 heavy (non-hydrogen) atoms. The van der Waals surface area contributed by atoms with Gasteiger partial charge in [-0.2, -0.15) is 0 Å². The molecular weight excluding hydrogens is 613 g/mol.